The number of aliphatic carboxylic acids is 1. The Hall–Kier alpha value is -1.58. The zero-order chi connectivity index (χ0) is 13.1. The van der Waals surface area contributed by atoms with Gasteiger partial charge in [-0.1, -0.05) is 18.2 Å². The van der Waals surface area contributed by atoms with Crippen molar-refractivity contribution in [2.24, 2.45) is 11.8 Å². The lowest BCUT2D eigenvalue weighted by molar-refractivity contribution is -0.140. The van der Waals surface area contributed by atoms with E-state index in [0.29, 0.717) is 12.3 Å². The van der Waals surface area contributed by atoms with Crippen LogP contribution in [0.1, 0.15) is 26.2 Å². The molecule has 1 aliphatic heterocycles. The Bertz CT molecular complexity index is 403. The maximum absolute atomic E-state index is 11.2. The first-order chi connectivity index (χ1) is 8.58. The fourth-order valence-electron chi connectivity index (χ4n) is 2.65. The topological polar surface area (TPSA) is 57.6 Å². The van der Waals surface area contributed by atoms with Crippen LogP contribution in [0.2, 0.25) is 0 Å². The molecular formula is C14H19NO3. The summed E-state index contributed by atoms with van der Waals surface area (Å²) in [5.74, 6) is -0.502. The highest BCUT2D eigenvalue weighted by Gasteiger charge is 2.24. The van der Waals surface area contributed by atoms with E-state index in [1.165, 1.54) is 5.57 Å². The molecule has 1 heterocycles. The average molecular weight is 249 g/mol. The molecule has 0 aromatic heterocycles. The van der Waals surface area contributed by atoms with Crippen molar-refractivity contribution in [3.63, 3.8) is 0 Å². The Morgan fingerprint density at radius 1 is 1.33 bits per heavy atom. The molecule has 18 heavy (non-hydrogen) atoms. The first-order valence-electron chi connectivity index (χ1n) is 6.44. The van der Waals surface area contributed by atoms with Crippen molar-refractivity contribution in [3.05, 3.63) is 23.8 Å². The molecule has 0 aromatic carbocycles. The van der Waals surface area contributed by atoms with Crippen molar-refractivity contribution >= 4 is 11.9 Å². The Morgan fingerprint density at radius 2 is 2.00 bits per heavy atom. The van der Waals surface area contributed by atoms with Crippen LogP contribution in [0, 0.1) is 11.8 Å². The molecule has 0 spiro atoms. The summed E-state index contributed by atoms with van der Waals surface area (Å²) in [6.45, 7) is 3.23. The number of carbonyl (C=O) groups excluding carboxylic acids is 1. The third kappa shape index (κ3) is 2.81. The highest BCUT2D eigenvalue weighted by atomic mass is 16.4. The monoisotopic (exact) mass is 249 g/mol. The molecule has 1 unspecified atom stereocenters. The lowest BCUT2D eigenvalue weighted by Gasteiger charge is -2.32. The van der Waals surface area contributed by atoms with E-state index in [9.17, 15) is 9.59 Å². The molecule has 98 valence electrons. The van der Waals surface area contributed by atoms with Gasteiger partial charge in [0.1, 0.15) is 0 Å². The van der Waals surface area contributed by atoms with Crippen molar-refractivity contribution in [2.45, 2.75) is 26.2 Å². The standard InChI is InChI=1S/C14H19NO3/c1-10(16)15-8-6-12(7-9-15)11-2-4-13(5-3-11)14(17)18/h2-4,12-13H,5-9H2,1H3,(H,17,18). The van der Waals surface area contributed by atoms with Crippen LogP contribution in [0.15, 0.2) is 23.8 Å². The van der Waals surface area contributed by atoms with Gasteiger partial charge in [-0.25, -0.2) is 0 Å². The summed E-state index contributed by atoms with van der Waals surface area (Å²) >= 11 is 0. The number of carboxylic acid groups (broad SMARTS) is 1. The van der Waals surface area contributed by atoms with E-state index in [2.05, 4.69) is 0 Å². The molecule has 2 rings (SSSR count). The molecular weight excluding hydrogens is 230 g/mol. The highest BCUT2D eigenvalue weighted by molar-refractivity contribution is 5.73. The third-order valence-corrected chi connectivity index (χ3v) is 3.86. The van der Waals surface area contributed by atoms with Gasteiger partial charge in [-0.2, -0.15) is 0 Å². The molecule has 0 bridgehead atoms. The average Bonchev–Trinajstić information content (AvgIpc) is 2.39. The summed E-state index contributed by atoms with van der Waals surface area (Å²) in [5, 5.41) is 8.91. The SMILES string of the molecule is CC(=O)N1CCC(C2=CCC(C(=O)O)C=C2)CC1. The Labute approximate surface area is 107 Å². The number of hydrogen-bond acceptors (Lipinski definition) is 2. The van der Waals surface area contributed by atoms with Gasteiger partial charge in [0.15, 0.2) is 0 Å². The second-order valence-corrected chi connectivity index (χ2v) is 5.02. The minimum atomic E-state index is -0.757. The van der Waals surface area contributed by atoms with Gasteiger partial charge < -0.3 is 10.0 Å². The van der Waals surface area contributed by atoms with Crippen LogP contribution < -0.4 is 0 Å². The van der Waals surface area contributed by atoms with Gasteiger partial charge in [0.05, 0.1) is 5.92 Å². The second kappa shape index (κ2) is 5.38. The third-order valence-electron chi connectivity index (χ3n) is 3.86. The fourth-order valence-corrected chi connectivity index (χ4v) is 2.65. The molecule has 2 aliphatic rings. The summed E-state index contributed by atoms with van der Waals surface area (Å²) < 4.78 is 0. The van der Waals surface area contributed by atoms with E-state index in [4.69, 9.17) is 5.11 Å². The van der Waals surface area contributed by atoms with Gasteiger partial charge in [-0.3, -0.25) is 9.59 Å². The van der Waals surface area contributed by atoms with E-state index in [0.717, 1.165) is 25.9 Å². The van der Waals surface area contributed by atoms with Crippen LogP contribution in [0.25, 0.3) is 0 Å². The van der Waals surface area contributed by atoms with E-state index in [-0.39, 0.29) is 11.8 Å². The minimum absolute atomic E-state index is 0.146. The number of piperidine rings is 1. The van der Waals surface area contributed by atoms with E-state index in [1.54, 1.807) is 13.0 Å². The van der Waals surface area contributed by atoms with Gasteiger partial charge in [-0.15, -0.1) is 0 Å². The largest absolute Gasteiger partial charge is 0.481 e. The number of nitrogens with zero attached hydrogens (tertiary/aromatic N) is 1. The maximum atomic E-state index is 11.2. The fraction of sp³-hybridized carbons (Fsp3) is 0.571. The van der Waals surface area contributed by atoms with E-state index in [1.807, 2.05) is 17.1 Å². The van der Waals surface area contributed by atoms with Crippen LogP contribution in [-0.4, -0.2) is 35.0 Å². The molecule has 1 atom stereocenters. The zero-order valence-electron chi connectivity index (χ0n) is 10.6. The number of rotatable bonds is 2. The number of amides is 1. The molecule has 1 amide bonds. The molecule has 1 saturated heterocycles. The van der Waals surface area contributed by atoms with Crippen LogP contribution in [0.4, 0.5) is 0 Å². The van der Waals surface area contributed by atoms with Crippen molar-refractivity contribution in [1.29, 1.82) is 0 Å². The van der Waals surface area contributed by atoms with Crippen LogP contribution >= 0.6 is 0 Å². The number of allylic oxidation sites excluding steroid dienone is 3. The first-order valence-corrected chi connectivity index (χ1v) is 6.44. The summed E-state index contributed by atoms with van der Waals surface area (Å²) in [4.78, 5) is 23.9. The number of likely N-dealkylation sites (tertiary alicyclic amines) is 1. The van der Waals surface area contributed by atoms with E-state index < -0.39 is 5.97 Å². The summed E-state index contributed by atoms with van der Waals surface area (Å²) in [7, 11) is 0. The normalized spacial score (nSPS) is 24.8. The molecule has 0 radical (unpaired) electrons. The summed E-state index contributed by atoms with van der Waals surface area (Å²) in [6.07, 6.45) is 8.34. The number of hydrogen-bond donors (Lipinski definition) is 1. The number of carboxylic acids is 1. The molecule has 1 N–H and O–H groups in total. The molecule has 1 fully saturated rings. The maximum Gasteiger partial charge on any atom is 0.310 e. The predicted molar refractivity (Wildman–Crippen MR) is 67.9 cm³/mol. The molecule has 1 aliphatic carbocycles. The van der Waals surface area contributed by atoms with Gasteiger partial charge in [0, 0.05) is 20.0 Å². The van der Waals surface area contributed by atoms with Crippen molar-refractivity contribution < 1.29 is 14.7 Å². The minimum Gasteiger partial charge on any atom is -0.481 e. The molecule has 4 heteroatoms. The quantitative estimate of drug-likeness (QED) is 0.812. The Kier molecular flexibility index (Phi) is 3.84. The smallest absolute Gasteiger partial charge is 0.310 e. The Balaban J connectivity index is 1.90. The highest BCUT2D eigenvalue weighted by Crippen LogP contribution is 2.29. The zero-order valence-corrected chi connectivity index (χ0v) is 10.6. The summed E-state index contributed by atoms with van der Waals surface area (Å²) in [5.41, 5.74) is 1.25. The molecule has 0 aromatic rings. The van der Waals surface area contributed by atoms with Crippen molar-refractivity contribution in [3.8, 4) is 0 Å². The number of carbonyl (C=O) groups is 2. The van der Waals surface area contributed by atoms with Crippen LogP contribution in [-0.2, 0) is 9.59 Å². The van der Waals surface area contributed by atoms with Crippen molar-refractivity contribution in [2.75, 3.05) is 13.1 Å². The predicted octanol–water partition coefficient (Wildman–Crippen LogP) is 1.83. The molecule has 0 saturated carbocycles. The van der Waals surface area contributed by atoms with Crippen LogP contribution in [0.3, 0.4) is 0 Å². The van der Waals surface area contributed by atoms with Gasteiger partial charge >= 0.3 is 5.97 Å². The Morgan fingerprint density at radius 3 is 2.44 bits per heavy atom. The lowest BCUT2D eigenvalue weighted by Crippen LogP contribution is -2.37. The van der Waals surface area contributed by atoms with Crippen molar-refractivity contribution in [1.82, 2.24) is 4.90 Å². The van der Waals surface area contributed by atoms with Gasteiger partial charge in [-0.05, 0) is 30.8 Å². The second-order valence-electron chi connectivity index (χ2n) is 5.02. The van der Waals surface area contributed by atoms with Gasteiger partial charge in [0.2, 0.25) is 5.91 Å². The van der Waals surface area contributed by atoms with E-state index >= 15 is 0 Å². The summed E-state index contributed by atoms with van der Waals surface area (Å²) in [6, 6.07) is 0. The van der Waals surface area contributed by atoms with Gasteiger partial charge in [0.25, 0.3) is 0 Å². The lowest BCUT2D eigenvalue weighted by atomic mass is 9.84. The molecule has 4 nitrogen and oxygen atoms in total. The first kappa shape index (κ1) is 12.9. The van der Waals surface area contributed by atoms with Crippen LogP contribution in [0.5, 0.6) is 0 Å².